The van der Waals surface area contributed by atoms with Gasteiger partial charge in [-0.1, -0.05) is 38.2 Å². The molecule has 4 heteroatoms. The van der Waals surface area contributed by atoms with Crippen LogP contribution in [0.3, 0.4) is 0 Å². The van der Waals surface area contributed by atoms with E-state index < -0.39 is 0 Å². The first-order chi connectivity index (χ1) is 9.16. The smallest absolute Gasteiger partial charge is 0.253 e. The minimum absolute atomic E-state index is 0. The van der Waals surface area contributed by atoms with Gasteiger partial charge in [0.15, 0.2) is 0 Å². The van der Waals surface area contributed by atoms with Crippen LogP contribution in [0.2, 0.25) is 0 Å². The van der Waals surface area contributed by atoms with E-state index in [2.05, 4.69) is 0 Å². The fourth-order valence-electron chi connectivity index (χ4n) is 2.85. The lowest BCUT2D eigenvalue weighted by atomic mass is 9.87. The summed E-state index contributed by atoms with van der Waals surface area (Å²) in [5.41, 5.74) is 7.05. The summed E-state index contributed by atoms with van der Waals surface area (Å²) < 4.78 is 0. The second-order valence-electron chi connectivity index (χ2n) is 5.64. The molecule has 0 spiro atoms. The largest absolute Gasteiger partial charge is 0.399 e. The molecule has 1 amide bonds. The molecule has 2 N–H and O–H groups in total. The number of nitrogens with two attached hydrogens (primary N) is 1. The Morgan fingerprint density at radius 2 is 2.00 bits per heavy atom. The van der Waals surface area contributed by atoms with Crippen molar-refractivity contribution in [3.8, 4) is 0 Å². The van der Waals surface area contributed by atoms with Gasteiger partial charge in [0, 0.05) is 24.8 Å². The minimum Gasteiger partial charge on any atom is -0.399 e. The van der Waals surface area contributed by atoms with E-state index in [1.807, 2.05) is 24.1 Å². The Labute approximate surface area is 127 Å². The molecule has 1 aromatic rings. The summed E-state index contributed by atoms with van der Waals surface area (Å²) in [6.07, 6.45) is 7.90. The fraction of sp³-hybridized carbons (Fsp3) is 0.562. The van der Waals surface area contributed by atoms with Gasteiger partial charge in [0.05, 0.1) is 0 Å². The number of halogens is 1. The van der Waals surface area contributed by atoms with Gasteiger partial charge in [-0.15, -0.1) is 12.4 Å². The van der Waals surface area contributed by atoms with Crippen molar-refractivity contribution in [2.45, 2.75) is 38.5 Å². The molecule has 1 aromatic carbocycles. The Morgan fingerprint density at radius 3 is 2.65 bits per heavy atom. The van der Waals surface area contributed by atoms with E-state index in [1.54, 1.807) is 12.1 Å². The van der Waals surface area contributed by atoms with E-state index in [0.717, 1.165) is 18.9 Å². The lowest BCUT2D eigenvalue weighted by Gasteiger charge is -2.24. The molecule has 20 heavy (non-hydrogen) atoms. The molecule has 1 aliphatic carbocycles. The Bertz CT molecular complexity index is 430. The summed E-state index contributed by atoms with van der Waals surface area (Å²) >= 11 is 0. The number of anilines is 1. The third-order valence-electron chi connectivity index (χ3n) is 4.08. The molecule has 3 nitrogen and oxygen atoms in total. The van der Waals surface area contributed by atoms with Gasteiger partial charge >= 0.3 is 0 Å². The number of nitrogen functional groups attached to an aromatic ring is 1. The number of rotatable bonds is 4. The molecular formula is C16H25ClN2O. The van der Waals surface area contributed by atoms with Crippen LogP contribution in [0.25, 0.3) is 0 Å². The lowest BCUT2D eigenvalue weighted by molar-refractivity contribution is 0.0784. The summed E-state index contributed by atoms with van der Waals surface area (Å²) in [5, 5.41) is 0. The van der Waals surface area contributed by atoms with E-state index in [-0.39, 0.29) is 18.3 Å². The van der Waals surface area contributed by atoms with Gasteiger partial charge < -0.3 is 10.6 Å². The van der Waals surface area contributed by atoms with Gasteiger partial charge in [-0.2, -0.15) is 0 Å². The Morgan fingerprint density at radius 1 is 1.30 bits per heavy atom. The van der Waals surface area contributed by atoms with Crippen LogP contribution in [0.1, 0.15) is 48.9 Å². The molecule has 0 bridgehead atoms. The molecule has 2 rings (SSSR count). The molecule has 112 valence electrons. The zero-order chi connectivity index (χ0) is 13.7. The van der Waals surface area contributed by atoms with Crippen LogP contribution in [-0.4, -0.2) is 24.4 Å². The summed E-state index contributed by atoms with van der Waals surface area (Å²) in [6, 6.07) is 7.21. The van der Waals surface area contributed by atoms with Gasteiger partial charge in [-0.3, -0.25) is 4.79 Å². The Balaban J connectivity index is 0.00000200. The average Bonchev–Trinajstić information content (AvgIpc) is 2.45. The Kier molecular flexibility index (Phi) is 6.86. The molecule has 1 saturated carbocycles. The van der Waals surface area contributed by atoms with Gasteiger partial charge in [0.2, 0.25) is 0 Å². The van der Waals surface area contributed by atoms with Crippen molar-refractivity contribution in [3.05, 3.63) is 29.8 Å². The number of carbonyl (C=O) groups is 1. The highest BCUT2D eigenvalue weighted by atomic mass is 35.5. The Hall–Kier alpha value is -1.22. The van der Waals surface area contributed by atoms with Gasteiger partial charge in [-0.25, -0.2) is 0 Å². The van der Waals surface area contributed by atoms with Crippen LogP contribution in [0.15, 0.2) is 24.3 Å². The topological polar surface area (TPSA) is 46.3 Å². The quantitative estimate of drug-likeness (QED) is 0.861. The van der Waals surface area contributed by atoms with Crippen LogP contribution < -0.4 is 5.73 Å². The zero-order valence-corrected chi connectivity index (χ0v) is 13.0. The first-order valence-corrected chi connectivity index (χ1v) is 7.28. The van der Waals surface area contributed by atoms with Gasteiger partial charge in [0.25, 0.3) is 5.91 Å². The highest BCUT2D eigenvalue weighted by molar-refractivity contribution is 5.94. The van der Waals surface area contributed by atoms with Crippen LogP contribution in [0, 0.1) is 5.92 Å². The molecule has 1 fully saturated rings. The van der Waals surface area contributed by atoms with Crippen molar-refractivity contribution in [1.82, 2.24) is 4.90 Å². The molecule has 0 atom stereocenters. The van der Waals surface area contributed by atoms with Crippen molar-refractivity contribution < 1.29 is 4.79 Å². The molecule has 1 aliphatic rings. The second kappa shape index (κ2) is 8.15. The fourth-order valence-corrected chi connectivity index (χ4v) is 2.85. The number of hydrogen-bond acceptors (Lipinski definition) is 2. The number of nitrogens with zero attached hydrogens (tertiary/aromatic N) is 1. The molecule has 0 unspecified atom stereocenters. The maximum atomic E-state index is 12.2. The highest BCUT2D eigenvalue weighted by Crippen LogP contribution is 2.26. The standard InChI is InChI=1S/C16H24N2O.ClH/c1-18(11-10-13-6-3-2-4-7-13)16(19)14-8-5-9-15(17)12-14;/h5,8-9,12-13H,2-4,6-7,10-11,17H2,1H3;1H. The van der Waals surface area contributed by atoms with E-state index >= 15 is 0 Å². The van der Waals surface area contributed by atoms with Crippen LogP contribution >= 0.6 is 12.4 Å². The van der Waals surface area contributed by atoms with E-state index in [0.29, 0.717) is 11.3 Å². The summed E-state index contributed by atoms with van der Waals surface area (Å²) in [6.45, 7) is 0.846. The normalized spacial score (nSPS) is 15.4. The molecule has 0 aliphatic heterocycles. The lowest BCUT2D eigenvalue weighted by Crippen LogP contribution is -2.29. The first-order valence-electron chi connectivity index (χ1n) is 7.28. The third-order valence-corrected chi connectivity index (χ3v) is 4.08. The maximum Gasteiger partial charge on any atom is 0.253 e. The highest BCUT2D eigenvalue weighted by Gasteiger charge is 2.16. The predicted molar refractivity (Wildman–Crippen MR) is 86.3 cm³/mol. The molecule has 0 saturated heterocycles. The number of hydrogen-bond donors (Lipinski definition) is 1. The van der Waals surface area contributed by atoms with Crippen molar-refractivity contribution in [3.63, 3.8) is 0 Å². The summed E-state index contributed by atoms with van der Waals surface area (Å²) in [7, 11) is 1.88. The summed E-state index contributed by atoms with van der Waals surface area (Å²) in [5.74, 6) is 0.882. The zero-order valence-electron chi connectivity index (χ0n) is 12.2. The number of carbonyl (C=O) groups excluding carboxylic acids is 1. The first kappa shape index (κ1) is 16.8. The van der Waals surface area contributed by atoms with Gasteiger partial charge in [0.1, 0.15) is 0 Å². The van der Waals surface area contributed by atoms with E-state index in [4.69, 9.17) is 5.73 Å². The van der Waals surface area contributed by atoms with Crippen LogP contribution in [0.5, 0.6) is 0 Å². The number of benzene rings is 1. The van der Waals surface area contributed by atoms with Gasteiger partial charge in [-0.05, 0) is 30.5 Å². The van der Waals surface area contributed by atoms with Crippen LogP contribution in [0.4, 0.5) is 5.69 Å². The van der Waals surface area contributed by atoms with Crippen molar-refractivity contribution in [1.29, 1.82) is 0 Å². The average molecular weight is 297 g/mol. The SMILES string of the molecule is CN(CCC1CCCCC1)C(=O)c1cccc(N)c1.Cl. The third kappa shape index (κ3) is 4.71. The molecule has 0 aromatic heterocycles. The van der Waals surface area contributed by atoms with Crippen molar-refractivity contribution in [2.75, 3.05) is 19.3 Å². The number of amides is 1. The van der Waals surface area contributed by atoms with Crippen molar-refractivity contribution >= 4 is 24.0 Å². The molecule has 0 radical (unpaired) electrons. The predicted octanol–water partition coefficient (Wildman–Crippen LogP) is 3.73. The minimum atomic E-state index is 0. The van der Waals surface area contributed by atoms with E-state index in [9.17, 15) is 4.79 Å². The summed E-state index contributed by atoms with van der Waals surface area (Å²) in [4.78, 5) is 14.1. The monoisotopic (exact) mass is 296 g/mol. The van der Waals surface area contributed by atoms with Crippen molar-refractivity contribution in [2.24, 2.45) is 5.92 Å². The maximum absolute atomic E-state index is 12.2. The second-order valence-corrected chi connectivity index (χ2v) is 5.64. The van der Waals surface area contributed by atoms with E-state index in [1.165, 1.54) is 32.1 Å². The molecule has 0 heterocycles. The molecular weight excluding hydrogens is 272 g/mol. The van der Waals surface area contributed by atoms with Crippen LogP contribution in [-0.2, 0) is 0 Å².